The van der Waals surface area contributed by atoms with Gasteiger partial charge in [-0.05, 0) is 6.42 Å². The molecule has 20 heavy (non-hydrogen) atoms. The van der Waals surface area contributed by atoms with Crippen LogP contribution in [0.3, 0.4) is 0 Å². The number of methoxy groups -OCH3 is 1. The van der Waals surface area contributed by atoms with Gasteiger partial charge in [-0.3, -0.25) is 4.79 Å². The van der Waals surface area contributed by atoms with E-state index in [2.05, 4.69) is 5.32 Å². The molecule has 0 radical (unpaired) electrons. The lowest BCUT2D eigenvalue weighted by Crippen LogP contribution is -2.17. The van der Waals surface area contributed by atoms with Crippen LogP contribution in [0.25, 0.3) is 0 Å². The summed E-state index contributed by atoms with van der Waals surface area (Å²) in [6.07, 6.45) is 0.564. The maximum atomic E-state index is 11.0. The van der Waals surface area contributed by atoms with E-state index in [0.29, 0.717) is 31.1 Å². The van der Waals surface area contributed by atoms with Gasteiger partial charge in [0, 0.05) is 30.8 Å². The van der Waals surface area contributed by atoms with E-state index in [9.17, 15) is 4.79 Å². The molecule has 6 heteroatoms. The highest BCUT2D eigenvalue weighted by atomic mass is 16.7. The molecule has 6 nitrogen and oxygen atoms in total. The monoisotopic (exact) mass is 279 g/mol. The number of nitrogens with one attached hydrogen (secondary N) is 1. The zero-order chi connectivity index (χ0) is 14.1. The first-order chi connectivity index (χ1) is 9.70. The van der Waals surface area contributed by atoms with Gasteiger partial charge < -0.3 is 24.6 Å². The summed E-state index contributed by atoms with van der Waals surface area (Å²) in [5.74, 6) is 0.314. The molecule has 3 rings (SSSR count). The summed E-state index contributed by atoms with van der Waals surface area (Å²) in [7, 11) is 1.63. The van der Waals surface area contributed by atoms with Gasteiger partial charge in [0.1, 0.15) is 0 Å². The molecule has 1 aromatic carbocycles. The lowest BCUT2D eigenvalue weighted by molar-refractivity contribution is -0.141. The predicted octanol–water partition coefficient (Wildman–Crippen LogP) is 1.30. The van der Waals surface area contributed by atoms with Gasteiger partial charge in [0.25, 0.3) is 0 Å². The molecule has 2 unspecified atom stereocenters. The molecule has 2 N–H and O–H groups in total. The van der Waals surface area contributed by atoms with Crippen molar-refractivity contribution >= 4 is 5.97 Å². The normalized spacial score (nSPS) is 24.1. The zero-order valence-corrected chi connectivity index (χ0v) is 11.2. The fourth-order valence-electron chi connectivity index (χ4n) is 2.78. The lowest BCUT2D eigenvalue weighted by atomic mass is 9.97. The molecule has 0 amide bonds. The summed E-state index contributed by atoms with van der Waals surface area (Å²) in [4.78, 5) is 11.0. The summed E-state index contributed by atoms with van der Waals surface area (Å²) in [6.45, 7) is 1.13. The maximum absolute atomic E-state index is 11.0. The van der Waals surface area contributed by atoms with E-state index >= 15 is 0 Å². The third-order valence-corrected chi connectivity index (χ3v) is 3.79. The van der Waals surface area contributed by atoms with Crippen molar-refractivity contribution < 1.29 is 24.1 Å². The Morgan fingerprint density at radius 2 is 2.25 bits per heavy atom. The molecular formula is C14H17NO5. The second-order valence-electron chi connectivity index (χ2n) is 5.04. The number of aliphatic carboxylic acids is 1. The molecule has 0 aliphatic carbocycles. The Morgan fingerprint density at radius 3 is 2.95 bits per heavy atom. The molecule has 2 atom stereocenters. The molecule has 0 spiro atoms. The van der Waals surface area contributed by atoms with Crippen molar-refractivity contribution in [1.82, 2.24) is 5.32 Å². The fraction of sp³-hybridized carbons (Fsp3) is 0.500. The summed E-state index contributed by atoms with van der Waals surface area (Å²) in [5.41, 5.74) is 1.90. The highest BCUT2D eigenvalue weighted by molar-refractivity contribution is 5.71. The zero-order valence-electron chi connectivity index (χ0n) is 11.2. The second-order valence-corrected chi connectivity index (χ2v) is 5.04. The largest absolute Gasteiger partial charge is 0.481 e. The standard InChI is InChI=1S/C14H17NO5/c1-18-6-8-2-3-10(13-12(8)19-7-20-13)11-4-9(5-15-11)14(16)17/h2-3,9,11,15H,4-7H2,1H3,(H,16,17). The molecule has 2 aliphatic heterocycles. The number of carbonyl (C=O) groups is 1. The SMILES string of the molecule is COCc1ccc(C2CC(C(=O)O)CN2)c2c1OCO2. The van der Waals surface area contributed by atoms with Crippen LogP contribution in [0.2, 0.25) is 0 Å². The molecule has 0 aromatic heterocycles. The third-order valence-electron chi connectivity index (χ3n) is 3.79. The van der Waals surface area contributed by atoms with Crippen molar-refractivity contribution in [2.24, 2.45) is 5.92 Å². The summed E-state index contributed by atoms with van der Waals surface area (Å²) in [5, 5.41) is 12.3. The van der Waals surface area contributed by atoms with Crippen LogP contribution < -0.4 is 14.8 Å². The molecular weight excluding hydrogens is 262 g/mol. The van der Waals surface area contributed by atoms with E-state index in [4.69, 9.17) is 19.3 Å². The Kier molecular flexibility index (Phi) is 3.50. The minimum absolute atomic E-state index is 0.0110. The smallest absolute Gasteiger partial charge is 0.307 e. The van der Waals surface area contributed by atoms with Gasteiger partial charge in [-0.15, -0.1) is 0 Å². The van der Waals surface area contributed by atoms with E-state index in [0.717, 1.165) is 11.1 Å². The van der Waals surface area contributed by atoms with Crippen molar-refractivity contribution in [3.05, 3.63) is 23.3 Å². The van der Waals surface area contributed by atoms with Gasteiger partial charge in [0.2, 0.25) is 6.79 Å². The number of ether oxygens (including phenoxy) is 3. The lowest BCUT2D eigenvalue weighted by Gasteiger charge is -2.15. The minimum Gasteiger partial charge on any atom is -0.481 e. The topological polar surface area (TPSA) is 77.0 Å². The highest BCUT2D eigenvalue weighted by Gasteiger charge is 2.34. The molecule has 2 aliphatic rings. The van der Waals surface area contributed by atoms with E-state index in [1.165, 1.54) is 0 Å². The predicted molar refractivity (Wildman–Crippen MR) is 69.8 cm³/mol. The van der Waals surface area contributed by atoms with E-state index < -0.39 is 5.97 Å². The Balaban J connectivity index is 1.88. The molecule has 0 saturated carbocycles. The van der Waals surface area contributed by atoms with Gasteiger partial charge in [0.15, 0.2) is 11.5 Å². The van der Waals surface area contributed by atoms with E-state index in [1.54, 1.807) is 7.11 Å². The average Bonchev–Trinajstić information content (AvgIpc) is 3.08. The minimum atomic E-state index is -0.759. The number of fused-ring (bicyclic) bond motifs is 1. The number of benzene rings is 1. The first-order valence-corrected chi connectivity index (χ1v) is 6.57. The number of hydrogen-bond donors (Lipinski definition) is 2. The molecule has 0 bridgehead atoms. The quantitative estimate of drug-likeness (QED) is 0.865. The van der Waals surface area contributed by atoms with Crippen LogP contribution in [0.1, 0.15) is 23.6 Å². The van der Waals surface area contributed by atoms with Gasteiger partial charge in [0.05, 0.1) is 12.5 Å². The maximum Gasteiger partial charge on any atom is 0.307 e. The van der Waals surface area contributed by atoms with Crippen LogP contribution in [0.15, 0.2) is 12.1 Å². The molecule has 1 saturated heterocycles. The third kappa shape index (κ3) is 2.21. The van der Waals surface area contributed by atoms with E-state index in [1.807, 2.05) is 12.1 Å². The highest BCUT2D eigenvalue weighted by Crippen LogP contribution is 2.44. The Bertz CT molecular complexity index is 531. The Morgan fingerprint density at radius 1 is 1.45 bits per heavy atom. The molecule has 1 aromatic rings. The van der Waals surface area contributed by atoms with Crippen molar-refractivity contribution in [2.75, 3.05) is 20.4 Å². The summed E-state index contributed by atoms with van der Waals surface area (Å²) in [6, 6.07) is 3.90. The van der Waals surface area contributed by atoms with Crippen molar-refractivity contribution in [3.8, 4) is 11.5 Å². The van der Waals surface area contributed by atoms with Crippen molar-refractivity contribution in [2.45, 2.75) is 19.1 Å². The van der Waals surface area contributed by atoms with Crippen LogP contribution >= 0.6 is 0 Å². The van der Waals surface area contributed by atoms with Crippen LogP contribution in [0.5, 0.6) is 11.5 Å². The Hall–Kier alpha value is -1.79. The van der Waals surface area contributed by atoms with Crippen LogP contribution in [0.4, 0.5) is 0 Å². The number of carboxylic acid groups (broad SMARTS) is 1. The number of carboxylic acids is 1. The Labute approximate surface area is 116 Å². The summed E-state index contributed by atoms with van der Waals surface area (Å²) < 4.78 is 16.2. The fourth-order valence-corrected chi connectivity index (χ4v) is 2.78. The first kappa shape index (κ1) is 13.2. The second kappa shape index (κ2) is 5.30. The first-order valence-electron chi connectivity index (χ1n) is 6.57. The van der Waals surface area contributed by atoms with Crippen LogP contribution in [-0.4, -0.2) is 31.5 Å². The molecule has 108 valence electrons. The van der Waals surface area contributed by atoms with Crippen molar-refractivity contribution in [3.63, 3.8) is 0 Å². The number of hydrogen-bond acceptors (Lipinski definition) is 5. The van der Waals surface area contributed by atoms with Gasteiger partial charge in [-0.25, -0.2) is 0 Å². The molecule has 1 fully saturated rings. The van der Waals surface area contributed by atoms with E-state index in [-0.39, 0.29) is 18.8 Å². The number of rotatable bonds is 4. The summed E-state index contributed by atoms with van der Waals surface area (Å²) >= 11 is 0. The van der Waals surface area contributed by atoms with Crippen LogP contribution in [-0.2, 0) is 16.1 Å². The average molecular weight is 279 g/mol. The molecule has 2 heterocycles. The van der Waals surface area contributed by atoms with Gasteiger partial charge in [-0.2, -0.15) is 0 Å². The van der Waals surface area contributed by atoms with Gasteiger partial charge in [-0.1, -0.05) is 12.1 Å². The van der Waals surface area contributed by atoms with Crippen molar-refractivity contribution in [1.29, 1.82) is 0 Å². The van der Waals surface area contributed by atoms with Gasteiger partial charge >= 0.3 is 5.97 Å². The van der Waals surface area contributed by atoms with Crippen LogP contribution in [0, 0.1) is 5.92 Å².